The smallest absolute Gasteiger partial charge is 0.126 e. The summed E-state index contributed by atoms with van der Waals surface area (Å²) in [6, 6.07) is 15.8. The first kappa shape index (κ1) is 30.7. The van der Waals surface area contributed by atoms with E-state index < -0.39 is 5.83 Å². The van der Waals surface area contributed by atoms with E-state index in [2.05, 4.69) is 32.0 Å². The van der Waals surface area contributed by atoms with Crippen LogP contribution >= 0.6 is 0 Å². The van der Waals surface area contributed by atoms with Crippen LogP contribution in [0.5, 0.6) is 0 Å². The largest absolute Gasteiger partial charge is 0.359 e. The molecular formula is C34H40F3N. The van der Waals surface area contributed by atoms with Crippen LogP contribution in [0.4, 0.5) is 18.9 Å². The number of hydrogen-bond donors (Lipinski definition) is 1. The van der Waals surface area contributed by atoms with E-state index in [1.54, 1.807) is 19.9 Å². The van der Waals surface area contributed by atoms with Crippen LogP contribution < -0.4 is 5.32 Å². The predicted octanol–water partition coefficient (Wildman–Crippen LogP) is 10.4. The first-order valence-electron chi connectivity index (χ1n) is 13.1. The lowest BCUT2D eigenvalue weighted by Gasteiger charge is -2.20. The number of halogens is 3. The molecule has 0 aliphatic rings. The van der Waals surface area contributed by atoms with Crippen molar-refractivity contribution in [3.05, 3.63) is 131 Å². The highest BCUT2D eigenvalue weighted by Gasteiger charge is 2.14. The fourth-order valence-electron chi connectivity index (χ4n) is 4.46. The zero-order chi connectivity index (χ0) is 28.2. The van der Waals surface area contributed by atoms with E-state index in [0.717, 1.165) is 48.2 Å². The van der Waals surface area contributed by atoms with Crippen LogP contribution in [0.3, 0.4) is 0 Å². The molecule has 0 aromatic heterocycles. The number of hydrogen-bond acceptors (Lipinski definition) is 1. The highest BCUT2D eigenvalue weighted by molar-refractivity contribution is 5.64. The van der Waals surface area contributed by atoms with Crippen molar-refractivity contribution >= 4 is 11.5 Å². The standard InChI is InChI=1S/C26H31F2N.C8H9F/c1-6-8-12-22(10-7-2)20(5)29-25-13-9-11-21(16-25)15-23-17-24(28)14-18(3)26(23)19(4)27;1-6-3-4-7(2)8(9)5-6/h6,9,11,13-14,16-17,22,29H,1,4-5,7-8,10,12,15H2,2-3H3;3-5H,1-2H3. The topological polar surface area (TPSA) is 12.0 Å². The second-order valence-electron chi connectivity index (χ2n) is 9.79. The molecular weight excluding hydrogens is 479 g/mol. The molecule has 0 fully saturated rings. The zero-order valence-electron chi connectivity index (χ0n) is 23.1. The Morgan fingerprint density at radius 3 is 2.29 bits per heavy atom. The van der Waals surface area contributed by atoms with Crippen LogP contribution in [0, 0.1) is 38.3 Å². The van der Waals surface area contributed by atoms with E-state index in [0.29, 0.717) is 34.6 Å². The summed E-state index contributed by atoms with van der Waals surface area (Å²) in [7, 11) is 0. The molecule has 38 heavy (non-hydrogen) atoms. The summed E-state index contributed by atoms with van der Waals surface area (Å²) >= 11 is 0. The van der Waals surface area contributed by atoms with Crippen LogP contribution in [-0.2, 0) is 6.42 Å². The monoisotopic (exact) mass is 519 g/mol. The third kappa shape index (κ3) is 9.41. The Bertz CT molecular complexity index is 1260. The van der Waals surface area contributed by atoms with E-state index in [1.807, 2.05) is 43.3 Å². The van der Waals surface area contributed by atoms with Gasteiger partial charge in [0.1, 0.15) is 17.5 Å². The third-order valence-electron chi connectivity index (χ3n) is 6.46. The van der Waals surface area contributed by atoms with Crippen LogP contribution in [0.1, 0.15) is 66.0 Å². The number of benzene rings is 3. The molecule has 3 rings (SSSR count). The van der Waals surface area contributed by atoms with E-state index in [1.165, 1.54) is 18.2 Å². The lowest BCUT2D eigenvalue weighted by atomic mass is 9.94. The molecule has 0 spiro atoms. The van der Waals surface area contributed by atoms with Gasteiger partial charge in [-0.25, -0.2) is 13.2 Å². The normalized spacial score (nSPS) is 11.2. The Labute approximate surface area is 226 Å². The van der Waals surface area contributed by atoms with Gasteiger partial charge in [0.25, 0.3) is 0 Å². The van der Waals surface area contributed by atoms with Gasteiger partial charge in [-0.05, 0) is 111 Å². The van der Waals surface area contributed by atoms with E-state index in [-0.39, 0.29) is 11.6 Å². The molecule has 0 aliphatic carbocycles. The number of anilines is 1. The second-order valence-corrected chi connectivity index (χ2v) is 9.79. The molecule has 1 unspecified atom stereocenters. The molecule has 0 aliphatic heterocycles. The van der Waals surface area contributed by atoms with Gasteiger partial charge in [0.15, 0.2) is 0 Å². The number of rotatable bonds is 11. The van der Waals surface area contributed by atoms with Crippen LogP contribution in [0.2, 0.25) is 0 Å². The Kier molecular flexibility index (Phi) is 12.1. The third-order valence-corrected chi connectivity index (χ3v) is 6.46. The lowest BCUT2D eigenvalue weighted by Crippen LogP contribution is -2.11. The summed E-state index contributed by atoms with van der Waals surface area (Å²) in [5.41, 5.74) is 6.11. The molecule has 0 amide bonds. The van der Waals surface area contributed by atoms with Gasteiger partial charge in [-0.15, -0.1) is 6.58 Å². The van der Waals surface area contributed by atoms with Gasteiger partial charge in [0.05, 0.1) is 0 Å². The summed E-state index contributed by atoms with van der Waals surface area (Å²) < 4.78 is 40.4. The maximum Gasteiger partial charge on any atom is 0.126 e. The summed E-state index contributed by atoms with van der Waals surface area (Å²) in [6.45, 7) is 19.0. The Morgan fingerprint density at radius 1 is 0.947 bits per heavy atom. The molecule has 0 heterocycles. The second kappa shape index (κ2) is 15.0. The highest BCUT2D eigenvalue weighted by Crippen LogP contribution is 2.28. The minimum atomic E-state index is -0.537. The van der Waals surface area contributed by atoms with Crippen LogP contribution in [0.25, 0.3) is 5.83 Å². The van der Waals surface area contributed by atoms with Gasteiger partial charge < -0.3 is 5.32 Å². The van der Waals surface area contributed by atoms with Crippen molar-refractivity contribution in [3.63, 3.8) is 0 Å². The first-order valence-corrected chi connectivity index (χ1v) is 13.1. The first-order chi connectivity index (χ1) is 18.0. The Hall–Kier alpha value is -3.53. The van der Waals surface area contributed by atoms with E-state index in [9.17, 15) is 13.2 Å². The van der Waals surface area contributed by atoms with Crippen LogP contribution in [-0.4, -0.2) is 0 Å². The van der Waals surface area contributed by atoms with Crippen LogP contribution in [0.15, 0.2) is 86.1 Å². The molecule has 3 aromatic rings. The summed E-state index contributed by atoms with van der Waals surface area (Å²) in [5.74, 6) is -0.636. The average molecular weight is 520 g/mol. The number of allylic oxidation sites excluding steroid dienone is 2. The maximum atomic E-state index is 14.0. The molecule has 0 bridgehead atoms. The van der Waals surface area contributed by atoms with Gasteiger partial charge in [0.2, 0.25) is 0 Å². The number of aryl methyl sites for hydroxylation is 3. The molecule has 3 aromatic carbocycles. The van der Waals surface area contributed by atoms with E-state index >= 15 is 0 Å². The van der Waals surface area contributed by atoms with Gasteiger partial charge in [-0.3, -0.25) is 0 Å². The zero-order valence-corrected chi connectivity index (χ0v) is 23.1. The summed E-state index contributed by atoms with van der Waals surface area (Å²) in [6.07, 6.45) is 6.51. The molecule has 0 saturated carbocycles. The molecule has 1 nitrogen and oxygen atoms in total. The SMILES string of the molecule is C=CCCC(CCC)C(=C)Nc1cccc(Cc2cc(F)cc(C)c2C(=C)F)c1.Cc1ccc(C)c(F)c1. The fraction of sp³-hybridized carbons (Fsp3) is 0.294. The van der Waals surface area contributed by atoms with E-state index in [4.69, 9.17) is 0 Å². The van der Waals surface area contributed by atoms with Crippen molar-refractivity contribution in [2.24, 2.45) is 5.92 Å². The molecule has 202 valence electrons. The summed E-state index contributed by atoms with van der Waals surface area (Å²) in [4.78, 5) is 0. The van der Waals surface area contributed by atoms with Crippen molar-refractivity contribution in [3.8, 4) is 0 Å². The average Bonchev–Trinajstić information content (AvgIpc) is 2.84. The van der Waals surface area contributed by atoms with Crippen molar-refractivity contribution in [2.75, 3.05) is 5.32 Å². The number of nitrogens with one attached hydrogen (secondary N) is 1. The summed E-state index contributed by atoms with van der Waals surface area (Å²) in [5, 5.41) is 3.43. The van der Waals surface area contributed by atoms with Gasteiger partial charge in [0, 0.05) is 16.9 Å². The highest BCUT2D eigenvalue weighted by atomic mass is 19.1. The molecule has 0 radical (unpaired) electrons. The predicted molar refractivity (Wildman–Crippen MR) is 157 cm³/mol. The fourth-order valence-corrected chi connectivity index (χ4v) is 4.46. The van der Waals surface area contributed by atoms with Crippen molar-refractivity contribution in [1.82, 2.24) is 0 Å². The minimum absolute atomic E-state index is 0.116. The van der Waals surface area contributed by atoms with Crippen molar-refractivity contribution in [1.29, 1.82) is 0 Å². The van der Waals surface area contributed by atoms with Gasteiger partial charge >= 0.3 is 0 Å². The Morgan fingerprint density at radius 2 is 1.68 bits per heavy atom. The van der Waals surface area contributed by atoms with Gasteiger partial charge in [-0.2, -0.15) is 0 Å². The molecule has 4 heteroatoms. The molecule has 1 atom stereocenters. The van der Waals surface area contributed by atoms with Crippen molar-refractivity contribution < 1.29 is 13.2 Å². The molecule has 1 N–H and O–H groups in total. The Balaban J connectivity index is 0.000000474. The quantitative estimate of drug-likeness (QED) is 0.248. The maximum absolute atomic E-state index is 14.0. The van der Waals surface area contributed by atoms with Crippen molar-refractivity contribution in [2.45, 2.75) is 59.8 Å². The molecule has 0 saturated heterocycles. The van der Waals surface area contributed by atoms with Gasteiger partial charge in [-0.1, -0.05) is 56.8 Å². The minimum Gasteiger partial charge on any atom is -0.359 e. The lowest BCUT2D eigenvalue weighted by molar-refractivity contribution is 0.519.